The molecule has 23 heavy (non-hydrogen) atoms. The van der Waals surface area contributed by atoms with Crippen LogP contribution in [0.15, 0.2) is 24.3 Å². The third-order valence-electron chi connectivity index (χ3n) is 4.88. The largest absolute Gasteiger partial charge is 0.508 e. The Kier molecular flexibility index (Phi) is 4.01. The van der Waals surface area contributed by atoms with Gasteiger partial charge in [0.15, 0.2) is 0 Å². The van der Waals surface area contributed by atoms with E-state index < -0.39 is 22.9 Å². The van der Waals surface area contributed by atoms with Crippen LogP contribution in [0.25, 0.3) is 0 Å². The number of methoxy groups -OCH3 is 2. The molecule has 0 aromatic heterocycles. The first-order valence-corrected chi connectivity index (χ1v) is 8.46. The monoisotopic (exact) mass is 337 g/mol. The van der Waals surface area contributed by atoms with Crippen LogP contribution in [0, 0.1) is 5.41 Å². The number of esters is 2. The van der Waals surface area contributed by atoms with Gasteiger partial charge in [0, 0.05) is 23.1 Å². The van der Waals surface area contributed by atoms with Crippen LogP contribution in [0.4, 0.5) is 0 Å². The molecule has 2 N–H and O–H groups in total. The first-order valence-electron chi connectivity index (χ1n) is 7.31. The van der Waals surface area contributed by atoms with Gasteiger partial charge in [0.25, 0.3) is 0 Å². The Labute approximate surface area is 138 Å². The number of benzene rings is 1. The number of carbonyl (C=O) groups excluding carboxylic acids is 2. The van der Waals surface area contributed by atoms with Crippen molar-refractivity contribution in [2.75, 3.05) is 25.7 Å². The molecule has 0 saturated carbocycles. The van der Waals surface area contributed by atoms with Crippen molar-refractivity contribution in [1.82, 2.24) is 5.32 Å². The lowest BCUT2D eigenvalue weighted by molar-refractivity contribution is -0.164. The van der Waals surface area contributed by atoms with Gasteiger partial charge in [0.05, 0.1) is 14.2 Å². The van der Waals surface area contributed by atoms with Crippen molar-refractivity contribution in [1.29, 1.82) is 0 Å². The van der Waals surface area contributed by atoms with Crippen LogP contribution in [-0.4, -0.2) is 48.3 Å². The van der Waals surface area contributed by atoms with Gasteiger partial charge in [-0.3, -0.25) is 10.1 Å². The quantitative estimate of drug-likeness (QED) is 0.803. The van der Waals surface area contributed by atoms with E-state index in [1.165, 1.54) is 26.0 Å². The van der Waals surface area contributed by atoms with Gasteiger partial charge in [-0.05, 0) is 12.5 Å². The van der Waals surface area contributed by atoms with Crippen molar-refractivity contribution < 1.29 is 24.2 Å². The molecule has 0 aliphatic carbocycles. The molecule has 2 fully saturated rings. The van der Waals surface area contributed by atoms with Crippen LogP contribution in [0.5, 0.6) is 5.75 Å². The molecule has 7 heteroatoms. The molecule has 1 aromatic carbocycles. The van der Waals surface area contributed by atoms with Crippen molar-refractivity contribution in [3.8, 4) is 5.75 Å². The van der Waals surface area contributed by atoms with E-state index in [0.717, 1.165) is 0 Å². The number of ether oxygens (including phenoxy) is 2. The molecule has 2 aliphatic heterocycles. The van der Waals surface area contributed by atoms with Crippen LogP contribution in [0.3, 0.4) is 0 Å². The molecule has 1 aromatic rings. The second kappa shape index (κ2) is 5.72. The minimum absolute atomic E-state index is 0.137. The highest BCUT2D eigenvalue weighted by molar-refractivity contribution is 7.99. The number of thioether (sulfide) groups is 1. The number of hydrogen-bond acceptors (Lipinski definition) is 7. The van der Waals surface area contributed by atoms with Gasteiger partial charge in [0.2, 0.25) is 0 Å². The zero-order valence-corrected chi connectivity index (χ0v) is 13.8. The summed E-state index contributed by atoms with van der Waals surface area (Å²) in [5.74, 6) is 0.159. The predicted molar refractivity (Wildman–Crippen MR) is 85.1 cm³/mol. The Balaban J connectivity index is 2.07. The van der Waals surface area contributed by atoms with E-state index in [1.807, 2.05) is 6.07 Å². The lowest BCUT2D eigenvalue weighted by Crippen LogP contribution is -2.61. The maximum Gasteiger partial charge on any atom is 0.328 e. The van der Waals surface area contributed by atoms with Gasteiger partial charge < -0.3 is 14.6 Å². The lowest BCUT2D eigenvalue weighted by atomic mass is 9.72. The molecule has 0 radical (unpaired) electrons. The number of para-hydroxylation sites is 1. The Bertz CT molecular complexity index is 619. The number of rotatable bonds is 3. The molecule has 3 unspecified atom stereocenters. The molecule has 6 nitrogen and oxygen atoms in total. The smallest absolute Gasteiger partial charge is 0.328 e. The summed E-state index contributed by atoms with van der Waals surface area (Å²) in [6, 6.07) is 6.61. The van der Waals surface area contributed by atoms with Gasteiger partial charge >= 0.3 is 11.9 Å². The zero-order chi connectivity index (χ0) is 16.7. The average molecular weight is 337 g/mol. The van der Waals surface area contributed by atoms with Crippen molar-refractivity contribution in [3.05, 3.63) is 29.8 Å². The summed E-state index contributed by atoms with van der Waals surface area (Å²) in [4.78, 5) is 25.1. The van der Waals surface area contributed by atoms with E-state index in [9.17, 15) is 14.7 Å². The zero-order valence-electron chi connectivity index (χ0n) is 13.0. The average Bonchev–Trinajstić information content (AvgIpc) is 3.08. The molecular formula is C16H19NO5S. The highest BCUT2D eigenvalue weighted by Crippen LogP contribution is 2.56. The van der Waals surface area contributed by atoms with Crippen LogP contribution in [-0.2, 0) is 19.1 Å². The fourth-order valence-electron chi connectivity index (χ4n) is 3.72. The van der Waals surface area contributed by atoms with Crippen molar-refractivity contribution >= 4 is 23.7 Å². The molecule has 2 heterocycles. The highest BCUT2D eigenvalue weighted by atomic mass is 32.2. The van der Waals surface area contributed by atoms with Crippen LogP contribution in [0.1, 0.15) is 18.0 Å². The fraction of sp³-hybridized carbons (Fsp3) is 0.500. The Morgan fingerprint density at radius 2 is 1.91 bits per heavy atom. The summed E-state index contributed by atoms with van der Waals surface area (Å²) in [6.07, 6.45) is 0.374. The summed E-state index contributed by atoms with van der Waals surface area (Å²) >= 11 is 1.53. The summed E-state index contributed by atoms with van der Waals surface area (Å²) in [6.45, 7) is 0. The van der Waals surface area contributed by atoms with Gasteiger partial charge in [0.1, 0.15) is 16.7 Å². The molecule has 2 aliphatic rings. The minimum atomic E-state index is -1.13. The fourth-order valence-corrected chi connectivity index (χ4v) is 5.44. The number of hydrogen-bond donors (Lipinski definition) is 2. The molecule has 124 valence electrons. The maximum absolute atomic E-state index is 12.6. The van der Waals surface area contributed by atoms with Gasteiger partial charge in [-0.1, -0.05) is 18.2 Å². The molecule has 3 rings (SSSR count). The van der Waals surface area contributed by atoms with E-state index >= 15 is 0 Å². The highest BCUT2D eigenvalue weighted by Gasteiger charge is 2.70. The van der Waals surface area contributed by atoms with Crippen LogP contribution in [0.2, 0.25) is 0 Å². The summed E-state index contributed by atoms with van der Waals surface area (Å²) in [5, 5.41) is 13.4. The van der Waals surface area contributed by atoms with E-state index in [0.29, 0.717) is 23.5 Å². The van der Waals surface area contributed by atoms with Gasteiger partial charge in [-0.25, -0.2) is 4.79 Å². The molecule has 0 amide bonds. The SMILES string of the molecule is COC(=O)C12CSCC1(C(=O)OC)NC(c1ccccc1O)C2. The topological polar surface area (TPSA) is 84.9 Å². The molecule has 0 bridgehead atoms. The normalized spacial score (nSPS) is 32.3. The number of nitrogens with one attached hydrogen (secondary N) is 1. The minimum Gasteiger partial charge on any atom is -0.508 e. The van der Waals surface area contributed by atoms with Crippen molar-refractivity contribution in [3.63, 3.8) is 0 Å². The number of phenolic OH excluding ortho intramolecular Hbond substituents is 1. The number of fused-ring (bicyclic) bond motifs is 1. The maximum atomic E-state index is 12.6. The van der Waals surface area contributed by atoms with Crippen molar-refractivity contribution in [2.24, 2.45) is 5.41 Å². The summed E-state index contributed by atoms with van der Waals surface area (Å²) < 4.78 is 10.00. The molecule has 2 saturated heterocycles. The molecule has 3 atom stereocenters. The Morgan fingerprint density at radius 1 is 1.22 bits per heavy atom. The van der Waals surface area contributed by atoms with E-state index in [4.69, 9.17) is 9.47 Å². The second-order valence-electron chi connectivity index (χ2n) is 5.92. The van der Waals surface area contributed by atoms with E-state index in [1.54, 1.807) is 18.2 Å². The standard InChI is InChI=1S/C16H19NO5S/c1-21-13(19)15-7-11(10-5-3-4-6-12(10)18)17-16(15,9-23-8-15)14(20)22-2/h3-6,11,17-18H,7-9H2,1-2H3. The van der Waals surface area contributed by atoms with E-state index in [2.05, 4.69) is 5.32 Å². The number of carbonyl (C=O) groups is 2. The van der Waals surface area contributed by atoms with Gasteiger partial charge in [-0.15, -0.1) is 0 Å². The van der Waals surface area contributed by atoms with E-state index in [-0.39, 0.29) is 11.8 Å². The van der Waals surface area contributed by atoms with Crippen LogP contribution >= 0.6 is 11.8 Å². The molecular weight excluding hydrogens is 318 g/mol. The summed E-state index contributed by atoms with van der Waals surface area (Å²) in [7, 11) is 2.65. The number of aromatic hydroxyl groups is 1. The van der Waals surface area contributed by atoms with Gasteiger partial charge in [-0.2, -0.15) is 11.8 Å². The predicted octanol–water partition coefficient (Wildman–Crippen LogP) is 1.24. The third kappa shape index (κ3) is 2.14. The second-order valence-corrected chi connectivity index (χ2v) is 6.91. The number of phenols is 1. The first-order chi connectivity index (χ1) is 11.0. The molecule has 0 spiro atoms. The Hall–Kier alpha value is -1.73. The lowest BCUT2D eigenvalue weighted by Gasteiger charge is -2.34. The Morgan fingerprint density at radius 3 is 2.57 bits per heavy atom. The summed E-state index contributed by atoms with van der Waals surface area (Å²) in [5.41, 5.74) is -1.46. The van der Waals surface area contributed by atoms with Crippen molar-refractivity contribution in [2.45, 2.75) is 18.0 Å². The third-order valence-corrected chi connectivity index (χ3v) is 6.21. The van der Waals surface area contributed by atoms with Crippen LogP contribution < -0.4 is 5.32 Å². The first kappa shape index (κ1) is 16.1.